The summed E-state index contributed by atoms with van der Waals surface area (Å²) in [6.07, 6.45) is 0.179. The zero-order valence-corrected chi connectivity index (χ0v) is 15.9. The SMILES string of the molecule is COC(=O)c1cc(C#Cc2ccc(OCCCS(=O)(=O)O)cc2)cc(CO)n1. The molecule has 9 heteroatoms. The number of hydrogen-bond donors (Lipinski definition) is 2. The van der Waals surface area contributed by atoms with Gasteiger partial charge in [-0.1, -0.05) is 11.8 Å². The first-order chi connectivity index (χ1) is 13.3. The van der Waals surface area contributed by atoms with Gasteiger partial charge in [0.2, 0.25) is 0 Å². The molecule has 0 atom stereocenters. The smallest absolute Gasteiger partial charge is 0.356 e. The highest BCUT2D eigenvalue weighted by Gasteiger charge is 2.09. The number of pyridine rings is 1. The quantitative estimate of drug-likeness (QED) is 0.307. The summed E-state index contributed by atoms with van der Waals surface area (Å²) in [6, 6.07) is 9.86. The van der Waals surface area contributed by atoms with Crippen molar-refractivity contribution in [3.05, 3.63) is 58.9 Å². The summed E-state index contributed by atoms with van der Waals surface area (Å²) >= 11 is 0. The summed E-state index contributed by atoms with van der Waals surface area (Å²) in [5.41, 5.74) is 1.56. The van der Waals surface area contributed by atoms with Gasteiger partial charge in [-0.3, -0.25) is 4.55 Å². The molecule has 0 spiro atoms. The zero-order valence-electron chi connectivity index (χ0n) is 15.1. The standard InChI is InChI=1S/C19H19NO7S/c1-26-19(22)18-12-15(11-16(13-21)20-18)4-3-14-5-7-17(8-6-14)27-9-2-10-28(23,24)25/h5-8,11-12,21H,2,9-10,13H2,1H3,(H,23,24,25). The molecular formula is C19H19NO7S. The Bertz CT molecular complexity index is 989. The van der Waals surface area contributed by atoms with Gasteiger partial charge >= 0.3 is 5.97 Å². The highest BCUT2D eigenvalue weighted by atomic mass is 32.2. The van der Waals surface area contributed by atoms with Crippen LogP contribution >= 0.6 is 0 Å². The number of aromatic nitrogens is 1. The molecule has 2 aromatic rings. The first-order valence-corrected chi connectivity index (χ1v) is 9.82. The van der Waals surface area contributed by atoms with Gasteiger partial charge < -0.3 is 14.6 Å². The maximum atomic E-state index is 11.6. The number of rotatable bonds is 7. The number of carbonyl (C=O) groups excluding carboxylic acids is 1. The van der Waals surface area contributed by atoms with Crippen LogP contribution in [0.5, 0.6) is 5.75 Å². The second-order valence-electron chi connectivity index (χ2n) is 5.64. The molecule has 0 aliphatic rings. The molecule has 0 fully saturated rings. The van der Waals surface area contributed by atoms with E-state index in [0.29, 0.717) is 22.6 Å². The average Bonchev–Trinajstić information content (AvgIpc) is 2.69. The Balaban J connectivity index is 2.05. The van der Waals surface area contributed by atoms with Gasteiger partial charge in [-0.15, -0.1) is 0 Å². The van der Waals surface area contributed by atoms with Gasteiger partial charge in [0.25, 0.3) is 10.1 Å². The molecular weight excluding hydrogens is 386 g/mol. The molecule has 0 saturated carbocycles. The van der Waals surface area contributed by atoms with Crippen LogP contribution in [-0.2, 0) is 21.5 Å². The fraction of sp³-hybridized carbons (Fsp3) is 0.263. The van der Waals surface area contributed by atoms with E-state index in [1.807, 2.05) is 0 Å². The predicted octanol–water partition coefficient (Wildman–Crippen LogP) is 1.42. The summed E-state index contributed by atoms with van der Waals surface area (Å²) in [5, 5.41) is 9.27. The number of hydrogen-bond acceptors (Lipinski definition) is 7. The minimum absolute atomic E-state index is 0.0620. The largest absolute Gasteiger partial charge is 0.494 e. The minimum Gasteiger partial charge on any atom is -0.494 e. The number of esters is 1. The van der Waals surface area contributed by atoms with E-state index in [2.05, 4.69) is 21.6 Å². The van der Waals surface area contributed by atoms with Gasteiger partial charge in [0.15, 0.2) is 0 Å². The van der Waals surface area contributed by atoms with Crippen molar-refractivity contribution in [3.63, 3.8) is 0 Å². The van der Waals surface area contributed by atoms with Gasteiger partial charge in [0, 0.05) is 11.1 Å². The van der Waals surface area contributed by atoms with Crippen LogP contribution in [0.3, 0.4) is 0 Å². The summed E-state index contributed by atoms with van der Waals surface area (Å²) in [6.45, 7) is -0.175. The van der Waals surface area contributed by atoms with Crippen molar-refractivity contribution in [2.75, 3.05) is 19.5 Å². The lowest BCUT2D eigenvalue weighted by molar-refractivity contribution is 0.0593. The van der Waals surface area contributed by atoms with E-state index in [0.717, 1.165) is 0 Å². The number of nitrogens with zero attached hydrogens (tertiary/aromatic N) is 1. The first-order valence-electron chi connectivity index (χ1n) is 8.21. The average molecular weight is 405 g/mol. The molecule has 1 heterocycles. The fourth-order valence-corrected chi connectivity index (χ4v) is 2.64. The summed E-state index contributed by atoms with van der Waals surface area (Å²) in [4.78, 5) is 15.6. The van der Waals surface area contributed by atoms with Crippen molar-refractivity contribution < 1.29 is 32.3 Å². The Labute approximate surface area is 162 Å². The highest BCUT2D eigenvalue weighted by molar-refractivity contribution is 7.85. The molecule has 2 rings (SSSR count). The van der Waals surface area contributed by atoms with Crippen LogP contribution in [0.25, 0.3) is 0 Å². The predicted molar refractivity (Wildman–Crippen MR) is 100 cm³/mol. The lowest BCUT2D eigenvalue weighted by atomic mass is 10.1. The first kappa shape index (κ1) is 21.4. The fourth-order valence-electron chi connectivity index (χ4n) is 2.16. The van der Waals surface area contributed by atoms with Crippen LogP contribution < -0.4 is 4.74 Å². The van der Waals surface area contributed by atoms with Crippen molar-refractivity contribution in [2.45, 2.75) is 13.0 Å². The third kappa shape index (κ3) is 7.00. The Kier molecular flexibility index (Phi) is 7.52. The zero-order chi connectivity index (χ0) is 20.6. The van der Waals surface area contributed by atoms with Crippen molar-refractivity contribution in [1.29, 1.82) is 0 Å². The number of methoxy groups -OCH3 is 1. The van der Waals surface area contributed by atoms with Crippen LogP contribution in [0.2, 0.25) is 0 Å². The molecule has 0 amide bonds. The summed E-state index contributed by atoms with van der Waals surface area (Å²) in [7, 11) is -2.74. The monoisotopic (exact) mass is 405 g/mol. The summed E-state index contributed by atoms with van der Waals surface area (Å²) < 4.78 is 39.9. The molecule has 0 aliphatic heterocycles. The van der Waals surface area contributed by atoms with E-state index in [1.165, 1.54) is 13.2 Å². The molecule has 0 radical (unpaired) electrons. The number of aliphatic hydroxyl groups excluding tert-OH is 1. The lowest BCUT2D eigenvalue weighted by Crippen LogP contribution is -2.08. The van der Waals surface area contributed by atoms with E-state index in [9.17, 15) is 18.3 Å². The molecule has 0 aliphatic carbocycles. The van der Waals surface area contributed by atoms with Gasteiger partial charge in [0.1, 0.15) is 11.4 Å². The second kappa shape index (κ2) is 9.85. The molecule has 148 valence electrons. The van der Waals surface area contributed by atoms with Crippen LogP contribution in [0, 0.1) is 11.8 Å². The molecule has 28 heavy (non-hydrogen) atoms. The van der Waals surface area contributed by atoms with Crippen LogP contribution in [0.1, 0.15) is 33.7 Å². The minimum atomic E-state index is -3.98. The van der Waals surface area contributed by atoms with Gasteiger partial charge in [0.05, 0.1) is 31.8 Å². The highest BCUT2D eigenvalue weighted by Crippen LogP contribution is 2.13. The van der Waals surface area contributed by atoms with E-state index < -0.39 is 16.1 Å². The van der Waals surface area contributed by atoms with Crippen LogP contribution in [0.15, 0.2) is 36.4 Å². The molecule has 8 nitrogen and oxygen atoms in total. The number of aliphatic hydroxyl groups is 1. The van der Waals surface area contributed by atoms with E-state index >= 15 is 0 Å². The Hall–Kier alpha value is -2.93. The van der Waals surface area contributed by atoms with E-state index in [-0.39, 0.29) is 31.1 Å². The van der Waals surface area contributed by atoms with Crippen molar-refractivity contribution in [3.8, 4) is 17.6 Å². The van der Waals surface area contributed by atoms with Crippen LogP contribution in [0.4, 0.5) is 0 Å². The molecule has 0 unspecified atom stereocenters. The number of benzene rings is 1. The third-order valence-corrected chi connectivity index (χ3v) is 4.26. The van der Waals surface area contributed by atoms with E-state index in [4.69, 9.17) is 9.29 Å². The topological polar surface area (TPSA) is 123 Å². The normalized spacial score (nSPS) is 10.7. The Morgan fingerprint density at radius 3 is 2.43 bits per heavy atom. The van der Waals surface area contributed by atoms with Crippen molar-refractivity contribution >= 4 is 16.1 Å². The van der Waals surface area contributed by atoms with Gasteiger partial charge in [-0.2, -0.15) is 8.42 Å². The molecule has 1 aromatic heterocycles. The summed E-state index contributed by atoms with van der Waals surface area (Å²) in [5.74, 6) is 5.40. The molecule has 1 aromatic carbocycles. The van der Waals surface area contributed by atoms with Gasteiger partial charge in [-0.25, -0.2) is 9.78 Å². The Morgan fingerprint density at radius 2 is 1.82 bits per heavy atom. The van der Waals surface area contributed by atoms with Crippen molar-refractivity contribution in [2.24, 2.45) is 0 Å². The molecule has 2 N–H and O–H groups in total. The van der Waals surface area contributed by atoms with E-state index in [1.54, 1.807) is 30.3 Å². The second-order valence-corrected chi connectivity index (χ2v) is 7.22. The molecule has 0 bridgehead atoms. The van der Waals surface area contributed by atoms with Crippen LogP contribution in [-0.4, -0.2) is 48.5 Å². The molecule has 0 saturated heterocycles. The third-order valence-electron chi connectivity index (χ3n) is 3.46. The lowest BCUT2D eigenvalue weighted by Gasteiger charge is -2.05. The Morgan fingerprint density at radius 1 is 1.14 bits per heavy atom. The van der Waals surface area contributed by atoms with Crippen molar-refractivity contribution in [1.82, 2.24) is 4.98 Å². The van der Waals surface area contributed by atoms with Gasteiger partial charge in [-0.05, 0) is 42.8 Å². The maximum Gasteiger partial charge on any atom is 0.356 e. The maximum absolute atomic E-state index is 11.6. The number of carbonyl (C=O) groups is 1. The number of ether oxygens (including phenoxy) is 2.